The lowest BCUT2D eigenvalue weighted by molar-refractivity contribution is 0.426. The summed E-state index contributed by atoms with van der Waals surface area (Å²) in [6.07, 6.45) is 0. The predicted octanol–water partition coefficient (Wildman–Crippen LogP) is 0.634. The molecule has 3 nitrogen and oxygen atoms in total. The van der Waals surface area contributed by atoms with Gasteiger partial charge in [0.25, 0.3) is 0 Å². The lowest BCUT2D eigenvalue weighted by atomic mass is 9.80. The molecule has 0 aliphatic heterocycles. The van der Waals surface area contributed by atoms with Crippen LogP contribution >= 0.6 is 12.4 Å². The molecule has 84 valence electrons. The first-order chi connectivity index (χ1) is 6.69. The zero-order valence-corrected chi connectivity index (χ0v) is 9.87. The van der Waals surface area contributed by atoms with E-state index in [1.165, 1.54) is 0 Å². The highest BCUT2D eigenvalue weighted by atomic mass is 35.5. The van der Waals surface area contributed by atoms with Gasteiger partial charge in [0.2, 0.25) is 0 Å². The van der Waals surface area contributed by atoms with Crippen LogP contribution in [-0.4, -0.2) is 30.3 Å². The van der Waals surface area contributed by atoms with Gasteiger partial charge in [0.15, 0.2) is 0 Å². The van der Waals surface area contributed by atoms with E-state index in [-0.39, 0.29) is 12.4 Å². The molecule has 2 N–H and O–H groups in total. The Morgan fingerprint density at radius 2 is 1.53 bits per heavy atom. The summed E-state index contributed by atoms with van der Waals surface area (Å²) in [6.45, 7) is 6.10. The van der Waals surface area contributed by atoms with Gasteiger partial charge in [-0.1, -0.05) is 12.1 Å². The monoisotopic (exact) mass is 229 g/mol. The summed E-state index contributed by atoms with van der Waals surface area (Å²) in [6, 6.07) is 7.28. The first-order valence-electron chi connectivity index (χ1n) is 4.90. The van der Waals surface area contributed by atoms with Gasteiger partial charge < -0.3 is 14.9 Å². The van der Waals surface area contributed by atoms with Crippen molar-refractivity contribution >= 4 is 30.7 Å². The summed E-state index contributed by atoms with van der Waals surface area (Å²) in [7, 11) is -1.37. The Labute approximate surface area is 97.3 Å². The zero-order chi connectivity index (χ0) is 10.6. The predicted molar refractivity (Wildman–Crippen MR) is 67.1 cm³/mol. The average Bonchev–Trinajstić information content (AvgIpc) is 2.20. The van der Waals surface area contributed by atoms with Gasteiger partial charge in [-0.2, -0.15) is 0 Å². The van der Waals surface area contributed by atoms with Crippen molar-refractivity contribution in [2.75, 3.05) is 18.0 Å². The standard InChI is InChI=1S/C10H16BNO2.ClH/c1-3-12(4-2)10-7-5-9(6-8-10)11(13)14;/h5-8,13-14H,3-4H2,1-2H3;1H. The second-order valence-corrected chi connectivity index (χ2v) is 3.14. The lowest BCUT2D eigenvalue weighted by Crippen LogP contribution is -2.30. The first-order valence-corrected chi connectivity index (χ1v) is 4.90. The molecule has 0 atom stereocenters. The summed E-state index contributed by atoms with van der Waals surface area (Å²) < 4.78 is 0. The van der Waals surface area contributed by atoms with Crippen LogP contribution in [0.15, 0.2) is 24.3 Å². The van der Waals surface area contributed by atoms with Gasteiger partial charge >= 0.3 is 7.12 Å². The van der Waals surface area contributed by atoms with Crippen molar-refractivity contribution in [1.29, 1.82) is 0 Å². The molecule has 0 spiro atoms. The fraction of sp³-hybridized carbons (Fsp3) is 0.400. The Kier molecular flexibility index (Phi) is 6.40. The number of halogens is 1. The van der Waals surface area contributed by atoms with Gasteiger partial charge in [-0.15, -0.1) is 12.4 Å². The largest absolute Gasteiger partial charge is 0.488 e. The molecule has 0 amide bonds. The first kappa shape index (κ1) is 14.3. The number of rotatable bonds is 4. The maximum atomic E-state index is 8.91. The summed E-state index contributed by atoms with van der Waals surface area (Å²) in [4.78, 5) is 2.20. The highest BCUT2D eigenvalue weighted by Gasteiger charge is 2.10. The third-order valence-electron chi connectivity index (χ3n) is 2.32. The molecule has 0 aliphatic rings. The maximum absolute atomic E-state index is 8.91. The van der Waals surface area contributed by atoms with E-state index in [4.69, 9.17) is 10.0 Å². The molecule has 15 heavy (non-hydrogen) atoms. The maximum Gasteiger partial charge on any atom is 0.488 e. The van der Waals surface area contributed by atoms with Crippen LogP contribution in [0.1, 0.15) is 13.8 Å². The van der Waals surface area contributed by atoms with Gasteiger partial charge in [0, 0.05) is 18.8 Å². The van der Waals surface area contributed by atoms with E-state index in [0.29, 0.717) is 5.46 Å². The van der Waals surface area contributed by atoms with E-state index < -0.39 is 7.12 Å². The number of hydrogen-bond acceptors (Lipinski definition) is 3. The lowest BCUT2D eigenvalue weighted by Gasteiger charge is -2.21. The number of anilines is 1. The molecule has 1 aromatic rings. The van der Waals surface area contributed by atoms with Crippen molar-refractivity contribution in [3.8, 4) is 0 Å². The normalized spacial score (nSPS) is 9.33. The molecule has 0 bridgehead atoms. The van der Waals surface area contributed by atoms with E-state index in [2.05, 4.69) is 18.7 Å². The second kappa shape index (κ2) is 6.72. The highest BCUT2D eigenvalue weighted by molar-refractivity contribution is 6.58. The third kappa shape index (κ3) is 3.74. The second-order valence-electron chi connectivity index (χ2n) is 3.14. The molecule has 0 aliphatic carbocycles. The van der Waals surface area contributed by atoms with Gasteiger partial charge in [0.1, 0.15) is 0 Å². The van der Waals surface area contributed by atoms with Crippen molar-refractivity contribution in [3.63, 3.8) is 0 Å². The Balaban J connectivity index is 0.00000196. The molecule has 0 saturated heterocycles. The Bertz CT molecular complexity index is 275. The number of hydrogen-bond donors (Lipinski definition) is 2. The third-order valence-corrected chi connectivity index (χ3v) is 2.32. The highest BCUT2D eigenvalue weighted by Crippen LogP contribution is 2.11. The molecule has 0 fully saturated rings. The fourth-order valence-electron chi connectivity index (χ4n) is 1.45. The van der Waals surface area contributed by atoms with Gasteiger partial charge in [-0.3, -0.25) is 0 Å². The van der Waals surface area contributed by atoms with E-state index in [1.54, 1.807) is 12.1 Å². The molecule has 0 radical (unpaired) electrons. The molecule has 0 heterocycles. The molecule has 1 aromatic carbocycles. The smallest absolute Gasteiger partial charge is 0.423 e. The van der Waals surface area contributed by atoms with Crippen LogP contribution in [0.5, 0.6) is 0 Å². The van der Waals surface area contributed by atoms with E-state index in [9.17, 15) is 0 Å². The molecule has 0 saturated carbocycles. The van der Waals surface area contributed by atoms with Gasteiger partial charge in [-0.25, -0.2) is 0 Å². The van der Waals surface area contributed by atoms with Crippen molar-refractivity contribution in [3.05, 3.63) is 24.3 Å². The quantitative estimate of drug-likeness (QED) is 0.745. The van der Waals surface area contributed by atoms with Crippen molar-refractivity contribution in [2.45, 2.75) is 13.8 Å². The van der Waals surface area contributed by atoms with Crippen molar-refractivity contribution in [1.82, 2.24) is 0 Å². The van der Waals surface area contributed by atoms with Crippen LogP contribution in [0.4, 0.5) is 5.69 Å². The topological polar surface area (TPSA) is 43.7 Å². The Morgan fingerprint density at radius 3 is 1.87 bits per heavy atom. The zero-order valence-electron chi connectivity index (χ0n) is 9.05. The van der Waals surface area contributed by atoms with E-state index >= 15 is 0 Å². The average molecular weight is 230 g/mol. The van der Waals surface area contributed by atoms with Crippen LogP contribution in [0.25, 0.3) is 0 Å². The van der Waals surface area contributed by atoms with Crippen LogP contribution in [0.3, 0.4) is 0 Å². The van der Waals surface area contributed by atoms with Crippen LogP contribution in [0.2, 0.25) is 0 Å². The summed E-state index contributed by atoms with van der Waals surface area (Å²) in [5.74, 6) is 0. The van der Waals surface area contributed by atoms with Crippen LogP contribution in [-0.2, 0) is 0 Å². The Morgan fingerprint density at radius 1 is 1.07 bits per heavy atom. The molecule has 5 heteroatoms. The summed E-state index contributed by atoms with van der Waals surface area (Å²) >= 11 is 0. The number of benzene rings is 1. The molecule has 1 rings (SSSR count). The van der Waals surface area contributed by atoms with Crippen LogP contribution in [0, 0.1) is 0 Å². The minimum absolute atomic E-state index is 0. The summed E-state index contributed by atoms with van der Waals surface area (Å²) in [5, 5.41) is 17.8. The van der Waals surface area contributed by atoms with Crippen molar-refractivity contribution in [2.24, 2.45) is 0 Å². The summed E-state index contributed by atoms with van der Waals surface area (Å²) in [5.41, 5.74) is 1.64. The number of nitrogens with zero attached hydrogens (tertiary/aromatic N) is 1. The molecule has 0 unspecified atom stereocenters. The van der Waals surface area contributed by atoms with Gasteiger partial charge in [0.05, 0.1) is 0 Å². The minimum atomic E-state index is -1.37. The Hall–Kier alpha value is -0.705. The van der Waals surface area contributed by atoms with E-state index in [0.717, 1.165) is 18.8 Å². The molecular weight excluding hydrogens is 212 g/mol. The molecule has 0 aromatic heterocycles. The van der Waals surface area contributed by atoms with Gasteiger partial charge in [-0.05, 0) is 31.4 Å². The minimum Gasteiger partial charge on any atom is -0.423 e. The van der Waals surface area contributed by atoms with Crippen LogP contribution < -0.4 is 10.4 Å². The SMILES string of the molecule is CCN(CC)c1ccc(B(O)O)cc1.Cl. The van der Waals surface area contributed by atoms with E-state index in [1.807, 2.05) is 12.1 Å². The molecular formula is C10H17BClNO2. The van der Waals surface area contributed by atoms with Crippen molar-refractivity contribution < 1.29 is 10.0 Å². The fourth-order valence-corrected chi connectivity index (χ4v) is 1.45.